The van der Waals surface area contributed by atoms with Gasteiger partial charge in [0.2, 0.25) is 0 Å². The lowest BCUT2D eigenvalue weighted by Gasteiger charge is -2.18. The number of hydrogen-bond donors (Lipinski definition) is 1. The number of carboxylic acid groups (broad SMARTS) is 1. The molecule has 1 aliphatic heterocycles. The van der Waals surface area contributed by atoms with Crippen LogP contribution < -0.4 is 0 Å². The zero-order valence-electron chi connectivity index (χ0n) is 11.2. The minimum atomic E-state index is -4.98. The third-order valence-corrected chi connectivity index (χ3v) is 3.67. The van der Waals surface area contributed by atoms with Gasteiger partial charge in [0, 0.05) is 19.0 Å². The van der Waals surface area contributed by atoms with Crippen LogP contribution in [-0.4, -0.2) is 41.1 Å². The molecule has 1 heterocycles. The molecule has 1 aliphatic rings. The third-order valence-electron chi connectivity index (χ3n) is 3.67. The van der Waals surface area contributed by atoms with Crippen LogP contribution in [0.25, 0.3) is 0 Å². The Bertz CT molecular complexity index is 554. The summed E-state index contributed by atoms with van der Waals surface area (Å²) in [6.45, 7) is 1.19. The average molecular weight is 301 g/mol. The standard InChI is InChI=1S/C14H14F3NO3/c1-8-2-4-9(5-3-8)10-6-18(7-11(10)12(19)20)13(21)14(15,16)17/h2-5,10-11H,6-7H2,1H3,(H,19,20)/t10-,11+/m0/s1. The first kappa shape index (κ1) is 15.3. The van der Waals surface area contributed by atoms with E-state index in [1.54, 1.807) is 24.3 Å². The van der Waals surface area contributed by atoms with Crippen molar-refractivity contribution in [3.05, 3.63) is 35.4 Å². The molecular formula is C14H14F3NO3. The summed E-state index contributed by atoms with van der Waals surface area (Å²) in [6.07, 6.45) is -4.98. The number of carboxylic acids is 1. The van der Waals surface area contributed by atoms with E-state index in [4.69, 9.17) is 0 Å². The van der Waals surface area contributed by atoms with Crippen LogP contribution in [0.4, 0.5) is 13.2 Å². The topological polar surface area (TPSA) is 57.6 Å². The van der Waals surface area contributed by atoms with Gasteiger partial charge in [0.15, 0.2) is 0 Å². The maximum absolute atomic E-state index is 12.5. The first-order chi connectivity index (χ1) is 9.70. The molecular weight excluding hydrogens is 287 g/mol. The normalized spacial score (nSPS) is 22.4. The fraction of sp³-hybridized carbons (Fsp3) is 0.429. The second kappa shape index (κ2) is 5.38. The maximum Gasteiger partial charge on any atom is 0.471 e. The van der Waals surface area contributed by atoms with Crippen LogP contribution in [0, 0.1) is 12.8 Å². The van der Waals surface area contributed by atoms with Gasteiger partial charge in [-0.25, -0.2) is 0 Å². The molecule has 2 atom stereocenters. The summed E-state index contributed by atoms with van der Waals surface area (Å²) in [5.74, 6) is -4.84. The van der Waals surface area contributed by atoms with Gasteiger partial charge in [0.1, 0.15) is 0 Å². The summed E-state index contributed by atoms with van der Waals surface area (Å²) in [4.78, 5) is 23.1. The van der Waals surface area contributed by atoms with Crippen LogP contribution >= 0.6 is 0 Å². The van der Waals surface area contributed by atoms with E-state index in [0.717, 1.165) is 5.56 Å². The van der Waals surface area contributed by atoms with Gasteiger partial charge in [0.05, 0.1) is 5.92 Å². The maximum atomic E-state index is 12.5. The molecule has 0 spiro atoms. The predicted octanol–water partition coefficient (Wildman–Crippen LogP) is 2.18. The lowest BCUT2D eigenvalue weighted by Crippen LogP contribution is -2.40. The molecule has 1 amide bonds. The van der Waals surface area contributed by atoms with Gasteiger partial charge in [0.25, 0.3) is 0 Å². The van der Waals surface area contributed by atoms with Gasteiger partial charge in [-0.2, -0.15) is 13.2 Å². The third kappa shape index (κ3) is 3.17. The van der Waals surface area contributed by atoms with Crippen molar-refractivity contribution < 1.29 is 27.9 Å². The van der Waals surface area contributed by atoms with E-state index in [9.17, 15) is 27.9 Å². The van der Waals surface area contributed by atoms with Crippen LogP contribution in [0.5, 0.6) is 0 Å². The zero-order valence-corrected chi connectivity index (χ0v) is 11.2. The number of halogens is 3. The fourth-order valence-corrected chi connectivity index (χ4v) is 2.55. The molecule has 0 bridgehead atoms. The summed E-state index contributed by atoms with van der Waals surface area (Å²) in [7, 11) is 0. The smallest absolute Gasteiger partial charge is 0.471 e. The van der Waals surface area contributed by atoms with Crippen molar-refractivity contribution in [1.82, 2.24) is 4.90 Å². The highest BCUT2D eigenvalue weighted by Gasteiger charge is 2.48. The highest BCUT2D eigenvalue weighted by molar-refractivity contribution is 5.83. The summed E-state index contributed by atoms with van der Waals surface area (Å²) in [5.41, 5.74) is 1.59. The monoisotopic (exact) mass is 301 g/mol. The van der Waals surface area contributed by atoms with Crippen molar-refractivity contribution >= 4 is 11.9 Å². The zero-order chi connectivity index (χ0) is 15.8. The van der Waals surface area contributed by atoms with E-state index in [2.05, 4.69) is 0 Å². The minimum absolute atomic E-state index is 0.238. The number of nitrogens with zero attached hydrogens (tertiary/aromatic N) is 1. The highest BCUT2D eigenvalue weighted by atomic mass is 19.4. The van der Waals surface area contributed by atoms with Crippen LogP contribution in [-0.2, 0) is 9.59 Å². The molecule has 114 valence electrons. The number of carbonyl (C=O) groups is 2. The molecule has 21 heavy (non-hydrogen) atoms. The van der Waals surface area contributed by atoms with Crippen molar-refractivity contribution in [3.8, 4) is 0 Å². The van der Waals surface area contributed by atoms with Gasteiger partial charge >= 0.3 is 18.1 Å². The predicted molar refractivity (Wildman–Crippen MR) is 67.7 cm³/mol. The number of alkyl halides is 3. The lowest BCUT2D eigenvalue weighted by molar-refractivity contribution is -0.184. The molecule has 0 aliphatic carbocycles. The van der Waals surface area contributed by atoms with Crippen LogP contribution in [0.15, 0.2) is 24.3 Å². The average Bonchev–Trinajstić information content (AvgIpc) is 2.82. The Balaban J connectivity index is 2.26. The summed E-state index contributed by atoms with van der Waals surface area (Å²) in [5, 5.41) is 9.18. The van der Waals surface area contributed by atoms with E-state index in [1.807, 2.05) is 6.92 Å². The summed E-state index contributed by atoms with van der Waals surface area (Å²) < 4.78 is 37.4. The summed E-state index contributed by atoms with van der Waals surface area (Å²) >= 11 is 0. The highest BCUT2D eigenvalue weighted by Crippen LogP contribution is 2.35. The molecule has 0 radical (unpaired) electrons. The van der Waals surface area contributed by atoms with Gasteiger partial charge in [-0.05, 0) is 12.5 Å². The number of rotatable bonds is 2. The van der Waals surface area contributed by atoms with E-state index in [1.165, 1.54) is 0 Å². The molecule has 4 nitrogen and oxygen atoms in total. The number of aliphatic carboxylic acids is 1. The van der Waals surface area contributed by atoms with E-state index in [0.29, 0.717) is 10.5 Å². The molecule has 0 aromatic heterocycles. The molecule has 2 rings (SSSR count). The second-order valence-corrected chi connectivity index (χ2v) is 5.17. The van der Waals surface area contributed by atoms with Gasteiger partial charge in [-0.3, -0.25) is 9.59 Å². The number of amides is 1. The van der Waals surface area contributed by atoms with Crippen LogP contribution in [0.1, 0.15) is 17.0 Å². The number of carbonyl (C=O) groups excluding carboxylic acids is 1. The number of benzene rings is 1. The van der Waals surface area contributed by atoms with Gasteiger partial charge in [-0.15, -0.1) is 0 Å². The Morgan fingerprint density at radius 2 is 1.76 bits per heavy atom. The minimum Gasteiger partial charge on any atom is -0.481 e. The van der Waals surface area contributed by atoms with Crippen molar-refractivity contribution in [1.29, 1.82) is 0 Å². The van der Waals surface area contributed by atoms with Crippen molar-refractivity contribution in [2.75, 3.05) is 13.1 Å². The Kier molecular flexibility index (Phi) is 3.93. The van der Waals surface area contributed by atoms with Crippen molar-refractivity contribution in [3.63, 3.8) is 0 Å². The second-order valence-electron chi connectivity index (χ2n) is 5.17. The van der Waals surface area contributed by atoms with Crippen molar-refractivity contribution in [2.24, 2.45) is 5.92 Å². The molecule has 7 heteroatoms. The van der Waals surface area contributed by atoms with Gasteiger partial charge < -0.3 is 10.0 Å². The van der Waals surface area contributed by atoms with Gasteiger partial charge in [-0.1, -0.05) is 29.8 Å². The molecule has 0 saturated carbocycles. The Hall–Kier alpha value is -2.05. The number of likely N-dealkylation sites (tertiary alicyclic amines) is 1. The molecule has 1 aromatic rings. The van der Waals surface area contributed by atoms with Crippen LogP contribution in [0.2, 0.25) is 0 Å². The lowest BCUT2D eigenvalue weighted by atomic mass is 9.89. The van der Waals surface area contributed by atoms with E-state index < -0.39 is 36.4 Å². The molecule has 1 saturated heterocycles. The van der Waals surface area contributed by atoms with Crippen LogP contribution in [0.3, 0.4) is 0 Å². The molecule has 1 N–H and O–H groups in total. The van der Waals surface area contributed by atoms with E-state index >= 15 is 0 Å². The number of aryl methyl sites for hydroxylation is 1. The SMILES string of the molecule is Cc1ccc([C@@H]2CN(C(=O)C(F)(F)F)C[C@H]2C(=O)O)cc1. The Labute approximate surface area is 119 Å². The number of hydrogen-bond acceptors (Lipinski definition) is 2. The summed E-state index contributed by atoms with van der Waals surface area (Å²) in [6, 6.07) is 6.92. The largest absolute Gasteiger partial charge is 0.481 e. The first-order valence-electron chi connectivity index (χ1n) is 6.35. The molecule has 1 aromatic carbocycles. The van der Waals surface area contributed by atoms with E-state index in [-0.39, 0.29) is 6.54 Å². The van der Waals surface area contributed by atoms with Crippen molar-refractivity contribution in [2.45, 2.75) is 19.0 Å². The Morgan fingerprint density at radius 3 is 2.24 bits per heavy atom. The quantitative estimate of drug-likeness (QED) is 0.911. The molecule has 0 unspecified atom stereocenters. The Morgan fingerprint density at radius 1 is 1.19 bits per heavy atom. The first-order valence-corrected chi connectivity index (χ1v) is 6.35. The molecule has 1 fully saturated rings. The fourth-order valence-electron chi connectivity index (χ4n) is 2.55.